The van der Waals surface area contributed by atoms with Gasteiger partial charge in [0.1, 0.15) is 5.75 Å². The number of aromatic nitrogens is 1. The number of pyridine rings is 1. The zero-order valence-electron chi connectivity index (χ0n) is 13.0. The molecule has 0 aliphatic carbocycles. The van der Waals surface area contributed by atoms with Gasteiger partial charge in [0.25, 0.3) is 5.56 Å². The first kappa shape index (κ1) is 16.0. The molecule has 0 N–H and O–H groups in total. The number of hydrogen-bond acceptors (Lipinski definition) is 3. The highest BCUT2D eigenvalue weighted by atomic mass is 16.5. The maximum absolute atomic E-state index is 12.5. The monoisotopic (exact) mass is 299 g/mol. The summed E-state index contributed by atoms with van der Waals surface area (Å²) in [7, 11) is 0. The van der Waals surface area contributed by atoms with Crippen LogP contribution in [0, 0.1) is 0 Å². The smallest absolute Gasteiger partial charge is 0.261 e. The Morgan fingerprint density at radius 3 is 2.59 bits per heavy atom. The van der Waals surface area contributed by atoms with Crippen molar-refractivity contribution in [2.45, 2.75) is 33.2 Å². The predicted molar refractivity (Wildman–Crippen MR) is 87.6 cm³/mol. The Hall–Kier alpha value is -2.36. The summed E-state index contributed by atoms with van der Waals surface area (Å²) < 4.78 is 7.33. The molecular weight excluding hydrogens is 278 g/mol. The molecule has 0 radical (unpaired) electrons. The molecule has 4 heteroatoms. The van der Waals surface area contributed by atoms with Gasteiger partial charge in [-0.25, -0.2) is 0 Å². The molecule has 0 atom stereocenters. The van der Waals surface area contributed by atoms with E-state index in [1.54, 1.807) is 10.6 Å². The van der Waals surface area contributed by atoms with Crippen LogP contribution in [0.5, 0.6) is 5.75 Å². The third-order valence-electron chi connectivity index (χ3n) is 3.53. The van der Waals surface area contributed by atoms with Crippen molar-refractivity contribution in [3.63, 3.8) is 0 Å². The van der Waals surface area contributed by atoms with E-state index in [4.69, 9.17) is 4.74 Å². The molecule has 116 valence electrons. The van der Waals surface area contributed by atoms with Gasteiger partial charge in [-0.1, -0.05) is 25.5 Å². The molecule has 0 unspecified atom stereocenters. The lowest BCUT2D eigenvalue weighted by Crippen LogP contribution is -2.25. The number of aldehydes is 1. The highest BCUT2D eigenvalue weighted by Gasteiger charge is 2.13. The molecule has 0 fully saturated rings. The number of ether oxygens (including phenoxy) is 1. The number of hydrogen-bond donors (Lipinski definition) is 0. The van der Waals surface area contributed by atoms with Crippen molar-refractivity contribution in [1.82, 2.24) is 4.57 Å². The highest BCUT2D eigenvalue weighted by molar-refractivity contribution is 5.76. The topological polar surface area (TPSA) is 48.3 Å². The Kier molecular flexibility index (Phi) is 5.53. The summed E-state index contributed by atoms with van der Waals surface area (Å²) in [6, 6.07) is 11.0. The maximum Gasteiger partial charge on any atom is 0.261 e. The predicted octanol–water partition coefficient (Wildman–Crippen LogP) is 3.53. The second-order valence-electron chi connectivity index (χ2n) is 5.03. The summed E-state index contributed by atoms with van der Waals surface area (Å²) in [4.78, 5) is 23.5. The van der Waals surface area contributed by atoms with E-state index >= 15 is 0 Å². The standard InChI is InChI=1S/C18H21NO3/c1-3-5-12-19-16(11-10-14(13-20)18(19)21)15-8-6-7-9-17(15)22-4-2/h6-11,13H,3-5,12H2,1-2H3. The molecule has 0 bridgehead atoms. The molecule has 1 aromatic carbocycles. The summed E-state index contributed by atoms with van der Waals surface area (Å²) in [6.45, 7) is 5.15. The minimum Gasteiger partial charge on any atom is -0.493 e. The molecule has 1 heterocycles. The fourth-order valence-electron chi connectivity index (χ4n) is 2.42. The summed E-state index contributed by atoms with van der Waals surface area (Å²) in [5, 5.41) is 0. The normalized spacial score (nSPS) is 10.5. The fourth-order valence-corrected chi connectivity index (χ4v) is 2.42. The van der Waals surface area contributed by atoms with Gasteiger partial charge in [0.15, 0.2) is 6.29 Å². The molecule has 0 saturated carbocycles. The van der Waals surface area contributed by atoms with E-state index in [9.17, 15) is 9.59 Å². The molecule has 2 aromatic rings. The number of benzene rings is 1. The van der Waals surface area contributed by atoms with E-state index in [0.717, 1.165) is 29.8 Å². The van der Waals surface area contributed by atoms with Crippen LogP contribution >= 0.6 is 0 Å². The quantitative estimate of drug-likeness (QED) is 0.735. The molecule has 0 amide bonds. The highest BCUT2D eigenvalue weighted by Crippen LogP contribution is 2.29. The average molecular weight is 299 g/mol. The van der Waals surface area contributed by atoms with E-state index in [1.807, 2.05) is 37.3 Å². The lowest BCUT2D eigenvalue weighted by Gasteiger charge is -2.16. The van der Waals surface area contributed by atoms with Gasteiger partial charge in [-0.2, -0.15) is 0 Å². The molecule has 0 spiro atoms. The first-order valence-corrected chi connectivity index (χ1v) is 7.64. The van der Waals surface area contributed by atoms with Gasteiger partial charge in [-0.3, -0.25) is 9.59 Å². The van der Waals surface area contributed by atoms with Gasteiger partial charge >= 0.3 is 0 Å². The van der Waals surface area contributed by atoms with Gasteiger partial charge in [0.05, 0.1) is 17.9 Å². The van der Waals surface area contributed by atoms with Crippen molar-refractivity contribution >= 4 is 6.29 Å². The zero-order valence-corrected chi connectivity index (χ0v) is 13.0. The average Bonchev–Trinajstić information content (AvgIpc) is 2.54. The van der Waals surface area contributed by atoms with E-state index < -0.39 is 0 Å². The van der Waals surface area contributed by atoms with Crippen LogP contribution in [0.15, 0.2) is 41.2 Å². The van der Waals surface area contributed by atoms with Crippen molar-refractivity contribution in [2.75, 3.05) is 6.61 Å². The van der Waals surface area contributed by atoms with E-state index in [1.165, 1.54) is 0 Å². The molecule has 1 aromatic heterocycles. The van der Waals surface area contributed by atoms with Crippen molar-refractivity contribution < 1.29 is 9.53 Å². The number of unbranched alkanes of at least 4 members (excludes halogenated alkanes) is 1. The lowest BCUT2D eigenvalue weighted by atomic mass is 10.1. The van der Waals surface area contributed by atoms with Crippen LogP contribution in [-0.2, 0) is 6.54 Å². The van der Waals surface area contributed by atoms with Crippen molar-refractivity contribution in [3.8, 4) is 17.0 Å². The van der Waals surface area contributed by atoms with Gasteiger partial charge in [0, 0.05) is 12.1 Å². The summed E-state index contributed by atoms with van der Waals surface area (Å²) in [5.74, 6) is 0.744. The maximum atomic E-state index is 12.5. The second-order valence-corrected chi connectivity index (χ2v) is 5.03. The Balaban J connectivity index is 2.62. The third-order valence-corrected chi connectivity index (χ3v) is 3.53. The summed E-state index contributed by atoms with van der Waals surface area (Å²) in [5.41, 5.74) is 1.60. The van der Waals surface area contributed by atoms with Gasteiger partial charge in [-0.15, -0.1) is 0 Å². The molecule has 4 nitrogen and oxygen atoms in total. The third kappa shape index (κ3) is 3.27. The van der Waals surface area contributed by atoms with Crippen molar-refractivity contribution in [3.05, 3.63) is 52.3 Å². The van der Waals surface area contributed by atoms with Crippen molar-refractivity contribution in [1.29, 1.82) is 0 Å². The Morgan fingerprint density at radius 2 is 1.91 bits per heavy atom. The molecule has 0 saturated heterocycles. The van der Waals surface area contributed by atoms with Crippen LogP contribution in [0.1, 0.15) is 37.0 Å². The van der Waals surface area contributed by atoms with Crippen LogP contribution in [0.25, 0.3) is 11.3 Å². The SMILES string of the molecule is CCCCn1c(-c2ccccc2OCC)ccc(C=O)c1=O. The summed E-state index contributed by atoms with van der Waals surface area (Å²) >= 11 is 0. The largest absolute Gasteiger partial charge is 0.493 e. The molecule has 0 aliphatic heterocycles. The number of carbonyl (C=O) groups excluding carboxylic acids is 1. The van der Waals surface area contributed by atoms with Crippen molar-refractivity contribution in [2.24, 2.45) is 0 Å². The van der Waals surface area contributed by atoms with Gasteiger partial charge in [-0.05, 0) is 37.6 Å². The van der Waals surface area contributed by atoms with E-state index in [0.29, 0.717) is 19.4 Å². The molecule has 22 heavy (non-hydrogen) atoms. The Morgan fingerprint density at radius 1 is 1.14 bits per heavy atom. The zero-order chi connectivity index (χ0) is 15.9. The molecular formula is C18H21NO3. The second kappa shape index (κ2) is 7.59. The Labute approximate surface area is 130 Å². The van der Waals surface area contributed by atoms with E-state index in [2.05, 4.69) is 6.92 Å². The van der Waals surface area contributed by atoms with Crippen LogP contribution in [0.4, 0.5) is 0 Å². The van der Waals surface area contributed by atoms with E-state index in [-0.39, 0.29) is 11.1 Å². The summed E-state index contributed by atoms with van der Waals surface area (Å²) in [6.07, 6.45) is 2.47. The van der Waals surface area contributed by atoms with Crippen LogP contribution in [-0.4, -0.2) is 17.5 Å². The van der Waals surface area contributed by atoms with Crippen LogP contribution in [0.2, 0.25) is 0 Å². The minimum absolute atomic E-state index is 0.189. The van der Waals surface area contributed by atoms with Crippen LogP contribution in [0.3, 0.4) is 0 Å². The number of para-hydroxylation sites is 1. The van der Waals surface area contributed by atoms with Gasteiger partial charge in [0.2, 0.25) is 0 Å². The minimum atomic E-state index is -0.243. The molecule has 2 rings (SSSR count). The lowest BCUT2D eigenvalue weighted by molar-refractivity contribution is 0.112. The van der Waals surface area contributed by atoms with Crippen LogP contribution < -0.4 is 10.3 Å². The fraction of sp³-hybridized carbons (Fsp3) is 0.333. The number of rotatable bonds is 7. The molecule has 0 aliphatic rings. The number of nitrogens with zero attached hydrogens (tertiary/aromatic N) is 1. The first-order valence-electron chi connectivity index (χ1n) is 7.64. The first-order chi connectivity index (χ1) is 10.7. The Bertz CT molecular complexity index is 704. The number of carbonyl (C=O) groups is 1. The van der Waals surface area contributed by atoms with Gasteiger partial charge < -0.3 is 9.30 Å².